The largest absolute Gasteiger partial charge is 0.450 e. The maximum atomic E-state index is 10.9. The lowest BCUT2D eigenvalue weighted by molar-refractivity contribution is 0.152. The van der Waals surface area contributed by atoms with Gasteiger partial charge in [0.05, 0.1) is 6.61 Å². The zero-order valence-electron chi connectivity index (χ0n) is 8.90. The van der Waals surface area contributed by atoms with E-state index in [0.29, 0.717) is 13.2 Å². The minimum absolute atomic E-state index is 0.348. The predicted octanol–water partition coefficient (Wildman–Crippen LogP) is 2.38. The second kappa shape index (κ2) is 6.87. The molecule has 1 radical (unpaired) electrons. The summed E-state index contributed by atoms with van der Waals surface area (Å²) in [5.41, 5.74) is 1.17. The molecule has 0 aliphatic carbocycles. The molecule has 0 fully saturated rings. The van der Waals surface area contributed by atoms with Crippen molar-refractivity contribution in [1.82, 2.24) is 5.32 Å². The average Bonchev–Trinajstić information content (AvgIpc) is 2.26. The quantitative estimate of drug-likeness (QED) is 0.751. The van der Waals surface area contributed by atoms with Crippen LogP contribution in [0.15, 0.2) is 30.3 Å². The fraction of sp³-hybridized carbons (Fsp3) is 0.333. The molecule has 1 N–H and O–H groups in total. The van der Waals surface area contributed by atoms with Crippen LogP contribution in [0.4, 0.5) is 4.79 Å². The van der Waals surface area contributed by atoms with Crippen molar-refractivity contribution < 1.29 is 9.53 Å². The maximum absolute atomic E-state index is 10.9. The molecule has 1 aromatic carbocycles. The lowest BCUT2D eigenvalue weighted by Crippen LogP contribution is -2.25. The molecule has 81 valence electrons. The van der Waals surface area contributed by atoms with Crippen molar-refractivity contribution >= 4 is 6.09 Å². The van der Waals surface area contributed by atoms with E-state index in [1.165, 1.54) is 5.56 Å². The topological polar surface area (TPSA) is 38.3 Å². The summed E-state index contributed by atoms with van der Waals surface area (Å²) in [6.07, 6.45) is 2.54. The lowest BCUT2D eigenvalue weighted by Gasteiger charge is -2.04. The average molecular weight is 206 g/mol. The van der Waals surface area contributed by atoms with Crippen LogP contribution in [0.3, 0.4) is 0 Å². The highest BCUT2D eigenvalue weighted by molar-refractivity contribution is 5.66. The highest BCUT2D eigenvalue weighted by Gasteiger charge is 1.98. The van der Waals surface area contributed by atoms with Crippen LogP contribution in [0.2, 0.25) is 0 Å². The van der Waals surface area contributed by atoms with E-state index < -0.39 is 0 Å². The van der Waals surface area contributed by atoms with Crippen molar-refractivity contribution in [2.45, 2.75) is 13.3 Å². The second-order valence-corrected chi connectivity index (χ2v) is 3.05. The lowest BCUT2D eigenvalue weighted by atomic mass is 10.1. The minimum Gasteiger partial charge on any atom is -0.450 e. The van der Waals surface area contributed by atoms with Gasteiger partial charge >= 0.3 is 6.09 Å². The predicted molar refractivity (Wildman–Crippen MR) is 59.5 cm³/mol. The van der Waals surface area contributed by atoms with E-state index in [4.69, 9.17) is 4.74 Å². The number of hydrogen-bond acceptors (Lipinski definition) is 2. The van der Waals surface area contributed by atoms with E-state index in [1.807, 2.05) is 30.3 Å². The second-order valence-electron chi connectivity index (χ2n) is 3.05. The summed E-state index contributed by atoms with van der Waals surface area (Å²) in [6.45, 7) is 2.80. The molecule has 0 saturated carbocycles. The zero-order chi connectivity index (χ0) is 10.9. The molecule has 15 heavy (non-hydrogen) atoms. The van der Waals surface area contributed by atoms with Crippen LogP contribution >= 0.6 is 0 Å². The standard InChI is InChI=1S/C12H16NO2/c1-2-15-12(14)13-10-6-9-11-7-4-3-5-8-11/h3-5,7-9H,2,6,10H2,1H3,(H,13,14). The third kappa shape index (κ3) is 5.05. The molecule has 1 rings (SSSR count). The summed E-state index contributed by atoms with van der Waals surface area (Å²) in [6, 6.07) is 10.0. The fourth-order valence-corrected chi connectivity index (χ4v) is 1.18. The zero-order valence-corrected chi connectivity index (χ0v) is 8.90. The number of hydrogen-bond donors (Lipinski definition) is 1. The van der Waals surface area contributed by atoms with Crippen LogP contribution in [-0.2, 0) is 4.74 Å². The van der Waals surface area contributed by atoms with Crippen LogP contribution < -0.4 is 5.32 Å². The van der Waals surface area contributed by atoms with Gasteiger partial charge < -0.3 is 10.1 Å². The molecular weight excluding hydrogens is 190 g/mol. The van der Waals surface area contributed by atoms with Gasteiger partial charge in [0, 0.05) is 6.54 Å². The number of benzene rings is 1. The molecule has 0 unspecified atom stereocenters. The molecule has 3 heteroatoms. The summed E-state index contributed by atoms with van der Waals surface area (Å²) in [5, 5.41) is 2.66. The van der Waals surface area contributed by atoms with E-state index in [0.717, 1.165) is 6.42 Å². The Morgan fingerprint density at radius 2 is 2.13 bits per heavy atom. The van der Waals surface area contributed by atoms with Crippen LogP contribution in [0.25, 0.3) is 0 Å². The maximum Gasteiger partial charge on any atom is 0.407 e. The number of amides is 1. The molecule has 0 atom stereocenters. The summed E-state index contributed by atoms with van der Waals surface area (Å²) in [5.74, 6) is 0. The van der Waals surface area contributed by atoms with Crippen LogP contribution in [0.5, 0.6) is 0 Å². The Labute approximate surface area is 90.4 Å². The van der Waals surface area contributed by atoms with E-state index >= 15 is 0 Å². The monoisotopic (exact) mass is 206 g/mol. The van der Waals surface area contributed by atoms with Gasteiger partial charge in [0.2, 0.25) is 0 Å². The first-order chi connectivity index (χ1) is 7.33. The smallest absolute Gasteiger partial charge is 0.407 e. The molecule has 3 nitrogen and oxygen atoms in total. The molecule has 0 aliphatic rings. The van der Waals surface area contributed by atoms with Gasteiger partial charge in [-0.25, -0.2) is 4.79 Å². The van der Waals surface area contributed by atoms with Gasteiger partial charge in [-0.2, -0.15) is 0 Å². The molecule has 0 aliphatic heterocycles. The number of carbonyl (C=O) groups excluding carboxylic acids is 1. The summed E-state index contributed by atoms with van der Waals surface area (Å²) >= 11 is 0. The van der Waals surface area contributed by atoms with Crippen molar-refractivity contribution in [2.75, 3.05) is 13.2 Å². The summed E-state index contributed by atoms with van der Waals surface area (Å²) in [4.78, 5) is 10.9. The van der Waals surface area contributed by atoms with Gasteiger partial charge in [0.1, 0.15) is 0 Å². The number of ether oxygens (including phenoxy) is 1. The Hall–Kier alpha value is -1.51. The van der Waals surface area contributed by atoms with Crippen molar-refractivity contribution in [1.29, 1.82) is 0 Å². The van der Waals surface area contributed by atoms with Gasteiger partial charge in [0.15, 0.2) is 0 Å². The number of nitrogens with one attached hydrogen (secondary N) is 1. The number of alkyl carbamates (subject to hydrolysis) is 1. The molecule has 0 spiro atoms. The Balaban J connectivity index is 2.10. The van der Waals surface area contributed by atoms with Gasteiger partial charge in [-0.05, 0) is 25.3 Å². The van der Waals surface area contributed by atoms with Crippen molar-refractivity contribution in [3.63, 3.8) is 0 Å². The third-order valence-corrected chi connectivity index (χ3v) is 1.87. The molecule has 0 bridgehead atoms. The first kappa shape index (κ1) is 11.6. The molecule has 0 saturated heterocycles. The molecule has 0 aromatic heterocycles. The molecule has 0 heterocycles. The number of rotatable bonds is 5. The first-order valence-electron chi connectivity index (χ1n) is 5.12. The van der Waals surface area contributed by atoms with E-state index in [-0.39, 0.29) is 6.09 Å². The van der Waals surface area contributed by atoms with Crippen molar-refractivity contribution in [3.8, 4) is 0 Å². The summed E-state index contributed by atoms with van der Waals surface area (Å²) in [7, 11) is 0. The van der Waals surface area contributed by atoms with Crippen molar-refractivity contribution in [3.05, 3.63) is 42.3 Å². The molecule has 1 aromatic rings. The Morgan fingerprint density at radius 1 is 1.40 bits per heavy atom. The molecular formula is C12H16NO2. The van der Waals surface area contributed by atoms with Gasteiger partial charge in [-0.15, -0.1) is 0 Å². The first-order valence-corrected chi connectivity index (χ1v) is 5.12. The van der Waals surface area contributed by atoms with Gasteiger partial charge in [-0.1, -0.05) is 30.3 Å². The van der Waals surface area contributed by atoms with E-state index in [9.17, 15) is 4.79 Å². The Bertz CT molecular complexity index is 285. The van der Waals surface area contributed by atoms with Crippen LogP contribution in [0.1, 0.15) is 18.9 Å². The third-order valence-electron chi connectivity index (χ3n) is 1.87. The summed E-state index contributed by atoms with van der Waals surface area (Å²) < 4.78 is 4.73. The SMILES string of the molecule is CCOC(=O)NCC[CH]c1ccccc1. The Kier molecular flexibility index (Phi) is 5.30. The normalized spacial score (nSPS) is 9.67. The minimum atomic E-state index is -0.348. The van der Waals surface area contributed by atoms with Crippen LogP contribution in [0, 0.1) is 6.42 Å². The Morgan fingerprint density at radius 3 is 2.80 bits per heavy atom. The van der Waals surface area contributed by atoms with Gasteiger partial charge in [0.25, 0.3) is 0 Å². The van der Waals surface area contributed by atoms with E-state index in [1.54, 1.807) is 6.92 Å². The highest BCUT2D eigenvalue weighted by atomic mass is 16.5. The molecule has 1 amide bonds. The van der Waals surface area contributed by atoms with Crippen molar-refractivity contribution in [2.24, 2.45) is 0 Å². The van der Waals surface area contributed by atoms with E-state index in [2.05, 4.69) is 11.7 Å². The van der Waals surface area contributed by atoms with Crippen LogP contribution in [-0.4, -0.2) is 19.2 Å². The fourth-order valence-electron chi connectivity index (χ4n) is 1.18. The highest BCUT2D eigenvalue weighted by Crippen LogP contribution is 2.03. The van der Waals surface area contributed by atoms with Gasteiger partial charge in [-0.3, -0.25) is 0 Å². The number of carbonyl (C=O) groups is 1.